The molecule has 2 aromatic rings. The smallest absolute Gasteiger partial charge is 0.150 e. The summed E-state index contributed by atoms with van der Waals surface area (Å²) in [5, 5.41) is 0.214. The molecule has 2 N–H and O–H groups in total. The minimum atomic E-state index is -0.403. The van der Waals surface area contributed by atoms with Crippen molar-refractivity contribution in [3.8, 4) is 11.5 Å². The van der Waals surface area contributed by atoms with Crippen molar-refractivity contribution in [2.45, 2.75) is 6.92 Å². The molecule has 0 aliphatic heterocycles. The molecule has 88 valence electrons. The molecule has 4 heteroatoms. The van der Waals surface area contributed by atoms with Crippen LogP contribution in [0.25, 0.3) is 0 Å². The summed E-state index contributed by atoms with van der Waals surface area (Å²) in [5.41, 5.74) is 7.33. The van der Waals surface area contributed by atoms with Gasteiger partial charge in [-0.05, 0) is 36.8 Å². The Kier molecular flexibility index (Phi) is 3.20. The van der Waals surface area contributed by atoms with Gasteiger partial charge in [-0.1, -0.05) is 23.7 Å². The Balaban J connectivity index is 2.35. The Morgan fingerprint density at radius 3 is 2.65 bits per heavy atom. The molecular formula is C13H11ClFNO. The van der Waals surface area contributed by atoms with Crippen molar-refractivity contribution < 1.29 is 9.13 Å². The number of para-hydroxylation sites is 1. The second kappa shape index (κ2) is 4.63. The Hall–Kier alpha value is -1.74. The molecule has 0 fully saturated rings. The van der Waals surface area contributed by atoms with Gasteiger partial charge in [-0.25, -0.2) is 4.39 Å². The summed E-state index contributed by atoms with van der Waals surface area (Å²) in [4.78, 5) is 0. The van der Waals surface area contributed by atoms with E-state index in [2.05, 4.69) is 0 Å². The zero-order valence-electron chi connectivity index (χ0n) is 9.21. The number of ether oxygens (including phenoxy) is 1. The molecule has 0 saturated heterocycles. The molecule has 2 rings (SSSR count). The normalized spacial score (nSPS) is 10.3. The van der Waals surface area contributed by atoms with Gasteiger partial charge < -0.3 is 10.5 Å². The van der Waals surface area contributed by atoms with Crippen molar-refractivity contribution in [2.24, 2.45) is 0 Å². The van der Waals surface area contributed by atoms with Gasteiger partial charge in [0.15, 0.2) is 5.75 Å². The topological polar surface area (TPSA) is 35.2 Å². The summed E-state index contributed by atoms with van der Waals surface area (Å²) in [6.07, 6.45) is 0. The molecule has 17 heavy (non-hydrogen) atoms. The molecule has 2 aromatic carbocycles. The average Bonchev–Trinajstić information content (AvgIpc) is 2.28. The lowest BCUT2D eigenvalue weighted by Gasteiger charge is -2.11. The molecule has 0 aromatic heterocycles. The summed E-state index contributed by atoms with van der Waals surface area (Å²) in [7, 11) is 0. The fourth-order valence-electron chi connectivity index (χ4n) is 1.42. The Morgan fingerprint density at radius 2 is 1.94 bits per heavy atom. The summed E-state index contributed by atoms with van der Waals surface area (Å²) >= 11 is 5.87. The molecule has 0 aliphatic rings. The second-order valence-corrected chi connectivity index (χ2v) is 4.07. The molecule has 2 nitrogen and oxygen atoms in total. The van der Waals surface area contributed by atoms with Crippen LogP contribution in [0.15, 0.2) is 36.4 Å². The number of hydrogen-bond donors (Lipinski definition) is 1. The van der Waals surface area contributed by atoms with Gasteiger partial charge in [0.1, 0.15) is 11.6 Å². The molecule has 0 bridgehead atoms. The van der Waals surface area contributed by atoms with E-state index in [1.807, 2.05) is 19.1 Å². The predicted octanol–water partition coefficient (Wildman–Crippen LogP) is 4.16. The molecule has 0 saturated carbocycles. The number of nitrogens with two attached hydrogens (primary N) is 1. The second-order valence-electron chi connectivity index (χ2n) is 3.66. The Bertz CT molecular complexity index is 557. The summed E-state index contributed by atoms with van der Waals surface area (Å²) in [6, 6.07) is 9.41. The number of nitrogen functional groups attached to an aromatic ring is 1. The SMILES string of the molecule is Cc1cccc(Oc2ccc(F)cc2Cl)c1N. The number of hydrogen-bond acceptors (Lipinski definition) is 2. The quantitative estimate of drug-likeness (QED) is 0.814. The first-order valence-electron chi connectivity index (χ1n) is 5.06. The minimum Gasteiger partial charge on any atom is -0.454 e. The zero-order chi connectivity index (χ0) is 12.4. The maximum Gasteiger partial charge on any atom is 0.150 e. The maximum atomic E-state index is 12.9. The van der Waals surface area contributed by atoms with Gasteiger partial charge in [0.25, 0.3) is 0 Å². The third-order valence-electron chi connectivity index (χ3n) is 2.40. The van der Waals surface area contributed by atoms with E-state index in [4.69, 9.17) is 22.1 Å². The van der Waals surface area contributed by atoms with E-state index >= 15 is 0 Å². The molecule has 0 radical (unpaired) electrons. The first-order valence-corrected chi connectivity index (χ1v) is 5.43. The lowest BCUT2D eigenvalue weighted by molar-refractivity contribution is 0.483. The zero-order valence-corrected chi connectivity index (χ0v) is 9.96. The van der Waals surface area contributed by atoms with E-state index in [1.54, 1.807) is 6.07 Å². The summed E-state index contributed by atoms with van der Waals surface area (Å²) in [5.74, 6) is 0.489. The van der Waals surface area contributed by atoms with E-state index in [0.717, 1.165) is 5.56 Å². The van der Waals surface area contributed by atoms with E-state index < -0.39 is 5.82 Å². The van der Waals surface area contributed by atoms with E-state index in [1.165, 1.54) is 18.2 Å². The van der Waals surface area contributed by atoms with Gasteiger partial charge in [0.2, 0.25) is 0 Å². The lowest BCUT2D eigenvalue weighted by atomic mass is 10.2. The number of aryl methyl sites for hydroxylation is 1. The van der Waals surface area contributed by atoms with Crippen molar-refractivity contribution in [3.05, 3.63) is 52.8 Å². The van der Waals surface area contributed by atoms with Crippen LogP contribution in [0.4, 0.5) is 10.1 Å². The van der Waals surface area contributed by atoms with Crippen LogP contribution in [0.3, 0.4) is 0 Å². The van der Waals surface area contributed by atoms with Crippen molar-refractivity contribution in [1.29, 1.82) is 0 Å². The molecule has 0 heterocycles. The van der Waals surface area contributed by atoms with Gasteiger partial charge in [0.05, 0.1) is 10.7 Å². The first kappa shape index (κ1) is 11.7. The van der Waals surface area contributed by atoms with Crippen molar-refractivity contribution in [2.75, 3.05) is 5.73 Å². The van der Waals surface area contributed by atoms with Gasteiger partial charge in [-0.2, -0.15) is 0 Å². The number of halogens is 2. The highest BCUT2D eigenvalue weighted by Gasteiger charge is 2.07. The molecule has 0 amide bonds. The van der Waals surface area contributed by atoms with Crippen LogP contribution in [0, 0.1) is 12.7 Å². The van der Waals surface area contributed by atoms with Crippen molar-refractivity contribution in [3.63, 3.8) is 0 Å². The van der Waals surface area contributed by atoms with Crippen molar-refractivity contribution in [1.82, 2.24) is 0 Å². The first-order chi connectivity index (χ1) is 8.08. The molecular weight excluding hydrogens is 241 g/mol. The summed E-state index contributed by atoms with van der Waals surface area (Å²) < 4.78 is 18.4. The van der Waals surface area contributed by atoms with Crippen molar-refractivity contribution >= 4 is 17.3 Å². The Labute approximate surface area is 104 Å². The maximum absolute atomic E-state index is 12.9. The van der Waals surface area contributed by atoms with E-state index in [-0.39, 0.29) is 5.02 Å². The largest absolute Gasteiger partial charge is 0.454 e. The predicted molar refractivity (Wildman–Crippen MR) is 67.1 cm³/mol. The number of benzene rings is 2. The standard InChI is InChI=1S/C13H11ClFNO/c1-8-3-2-4-12(13(8)16)17-11-6-5-9(15)7-10(11)14/h2-7H,16H2,1H3. The Morgan fingerprint density at radius 1 is 1.18 bits per heavy atom. The van der Waals surface area contributed by atoms with Gasteiger partial charge in [-0.3, -0.25) is 0 Å². The molecule has 0 spiro atoms. The van der Waals surface area contributed by atoms with Crippen LogP contribution >= 0.6 is 11.6 Å². The minimum absolute atomic E-state index is 0.214. The van der Waals surface area contributed by atoms with Crippen LogP contribution in [0.2, 0.25) is 5.02 Å². The highest BCUT2D eigenvalue weighted by molar-refractivity contribution is 6.32. The average molecular weight is 252 g/mol. The van der Waals surface area contributed by atoms with Crippen LogP contribution in [0.1, 0.15) is 5.56 Å². The molecule has 0 atom stereocenters. The number of rotatable bonds is 2. The fraction of sp³-hybridized carbons (Fsp3) is 0.0769. The van der Waals surface area contributed by atoms with Crippen LogP contribution in [0.5, 0.6) is 11.5 Å². The molecule has 0 aliphatic carbocycles. The van der Waals surface area contributed by atoms with Crippen LogP contribution in [-0.4, -0.2) is 0 Å². The van der Waals surface area contributed by atoms with Crippen LogP contribution < -0.4 is 10.5 Å². The monoisotopic (exact) mass is 251 g/mol. The lowest BCUT2D eigenvalue weighted by Crippen LogP contribution is -1.95. The highest BCUT2D eigenvalue weighted by atomic mass is 35.5. The van der Waals surface area contributed by atoms with E-state index in [9.17, 15) is 4.39 Å². The highest BCUT2D eigenvalue weighted by Crippen LogP contribution is 2.33. The van der Waals surface area contributed by atoms with Gasteiger partial charge in [0, 0.05) is 0 Å². The van der Waals surface area contributed by atoms with E-state index in [0.29, 0.717) is 17.2 Å². The fourth-order valence-corrected chi connectivity index (χ4v) is 1.62. The van der Waals surface area contributed by atoms with Gasteiger partial charge in [-0.15, -0.1) is 0 Å². The number of anilines is 1. The third-order valence-corrected chi connectivity index (χ3v) is 2.69. The van der Waals surface area contributed by atoms with Crippen LogP contribution in [-0.2, 0) is 0 Å². The third kappa shape index (κ3) is 2.50. The summed E-state index contributed by atoms with van der Waals surface area (Å²) in [6.45, 7) is 1.88. The van der Waals surface area contributed by atoms with Gasteiger partial charge >= 0.3 is 0 Å². The molecule has 0 unspecified atom stereocenters.